The van der Waals surface area contributed by atoms with Gasteiger partial charge < -0.3 is 10.1 Å². The standard InChI is InChI=1S/C22H26N4O4S2/c1-13-19-14(2)23-15(3)24-22(19)31-20(13)21(27)25-16-9-11-26(12-10-16)32(28,29)18-7-5-17(30-4)6-8-18/h5-8,16H,9-12H2,1-4H3,(H,25,27). The maximum Gasteiger partial charge on any atom is 0.261 e. The third-order valence-corrected chi connectivity index (χ3v) is 8.87. The number of hydrogen-bond donors (Lipinski definition) is 1. The Hall–Kier alpha value is -2.56. The van der Waals surface area contributed by atoms with Crippen molar-refractivity contribution in [1.82, 2.24) is 19.6 Å². The summed E-state index contributed by atoms with van der Waals surface area (Å²) in [5.74, 6) is 1.16. The molecule has 1 aromatic carbocycles. The number of carbonyl (C=O) groups is 1. The molecular formula is C22H26N4O4S2. The summed E-state index contributed by atoms with van der Waals surface area (Å²) in [6.07, 6.45) is 1.12. The normalized spacial score (nSPS) is 15.8. The van der Waals surface area contributed by atoms with Gasteiger partial charge in [-0.25, -0.2) is 18.4 Å². The quantitative estimate of drug-likeness (QED) is 0.609. The Labute approximate surface area is 191 Å². The van der Waals surface area contributed by atoms with Crippen LogP contribution >= 0.6 is 11.3 Å². The molecule has 1 aliphatic rings. The first-order valence-electron chi connectivity index (χ1n) is 10.4. The number of benzene rings is 1. The fraction of sp³-hybridized carbons (Fsp3) is 0.409. The van der Waals surface area contributed by atoms with Crippen molar-refractivity contribution in [2.75, 3.05) is 20.2 Å². The third kappa shape index (κ3) is 4.22. The lowest BCUT2D eigenvalue weighted by Crippen LogP contribution is -2.46. The van der Waals surface area contributed by atoms with Gasteiger partial charge in [0.25, 0.3) is 5.91 Å². The van der Waals surface area contributed by atoms with E-state index in [9.17, 15) is 13.2 Å². The Morgan fingerprint density at radius 1 is 1.12 bits per heavy atom. The van der Waals surface area contributed by atoms with Gasteiger partial charge in [0.05, 0.1) is 16.9 Å². The minimum atomic E-state index is -3.57. The third-order valence-electron chi connectivity index (χ3n) is 5.78. The number of piperidine rings is 1. The molecule has 170 valence electrons. The number of ether oxygens (including phenoxy) is 1. The predicted octanol–water partition coefficient (Wildman–Crippen LogP) is 3.21. The highest BCUT2D eigenvalue weighted by Gasteiger charge is 2.30. The molecule has 10 heteroatoms. The Kier molecular flexibility index (Phi) is 6.19. The predicted molar refractivity (Wildman–Crippen MR) is 124 cm³/mol. The van der Waals surface area contributed by atoms with Crippen LogP contribution in [0, 0.1) is 20.8 Å². The molecule has 0 bridgehead atoms. The largest absolute Gasteiger partial charge is 0.497 e. The molecular weight excluding hydrogens is 448 g/mol. The van der Waals surface area contributed by atoms with Crippen LogP contribution in [0.3, 0.4) is 0 Å². The van der Waals surface area contributed by atoms with Crippen molar-refractivity contribution in [3.63, 3.8) is 0 Å². The monoisotopic (exact) mass is 474 g/mol. The van der Waals surface area contributed by atoms with Crippen LogP contribution < -0.4 is 10.1 Å². The second-order valence-electron chi connectivity index (χ2n) is 7.92. The van der Waals surface area contributed by atoms with Crippen molar-refractivity contribution in [1.29, 1.82) is 0 Å². The summed E-state index contributed by atoms with van der Waals surface area (Å²) in [4.78, 5) is 23.5. The van der Waals surface area contributed by atoms with E-state index in [1.165, 1.54) is 15.6 Å². The first kappa shape index (κ1) is 22.6. The highest BCUT2D eigenvalue weighted by Crippen LogP contribution is 2.31. The van der Waals surface area contributed by atoms with Gasteiger partial charge in [-0.05, 0) is 63.4 Å². The summed E-state index contributed by atoms with van der Waals surface area (Å²) in [6.45, 7) is 6.40. The molecule has 1 saturated heterocycles. The van der Waals surface area contributed by atoms with E-state index in [-0.39, 0.29) is 16.8 Å². The summed E-state index contributed by atoms with van der Waals surface area (Å²) >= 11 is 1.37. The van der Waals surface area contributed by atoms with E-state index in [0.717, 1.165) is 21.5 Å². The minimum absolute atomic E-state index is 0.0802. The zero-order valence-corrected chi connectivity index (χ0v) is 20.1. The van der Waals surface area contributed by atoms with E-state index >= 15 is 0 Å². The van der Waals surface area contributed by atoms with Crippen molar-refractivity contribution < 1.29 is 17.9 Å². The van der Waals surface area contributed by atoms with Crippen LogP contribution in [0.5, 0.6) is 5.75 Å². The highest BCUT2D eigenvalue weighted by atomic mass is 32.2. The average molecular weight is 475 g/mol. The highest BCUT2D eigenvalue weighted by molar-refractivity contribution is 7.89. The number of rotatable bonds is 5. The van der Waals surface area contributed by atoms with Gasteiger partial charge in [0, 0.05) is 30.2 Å². The number of nitrogens with zero attached hydrogens (tertiary/aromatic N) is 3. The molecule has 0 spiro atoms. The second kappa shape index (κ2) is 8.76. The van der Waals surface area contributed by atoms with Gasteiger partial charge in [0.15, 0.2) is 0 Å². The molecule has 0 unspecified atom stereocenters. The first-order valence-corrected chi connectivity index (χ1v) is 12.7. The molecule has 8 nitrogen and oxygen atoms in total. The number of fused-ring (bicyclic) bond motifs is 1. The fourth-order valence-corrected chi connectivity index (χ4v) is 6.73. The number of methoxy groups -OCH3 is 1. The molecule has 0 aliphatic carbocycles. The molecule has 1 aliphatic heterocycles. The first-order chi connectivity index (χ1) is 15.2. The van der Waals surface area contributed by atoms with Crippen LogP contribution in [-0.4, -0.2) is 54.8 Å². The summed E-state index contributed by atoms with van der Waals surface area (Å²) in [5.41, 5.74) is 1.76. The van der Waals surface area contributed by atoms with Gasteiger partial charge in [0.1, 0.15) is 16.4 Å². The van der Waals surface area contributed by atoms with Gasteiger partial charge in [-0.15, -0.1) is 11.3 Å². The molecule has 0 radical (unpaired) electrons. The number of hydrogen-bond acceptors (Lipinski definition) is 7. The number of aryl methyl sites for hydroxylation is 3. The maximum atomic E-state index is 13.0. The van der Waals surface area contributed by atoms with Gasteiger partial charge in [-0.3, -0.25) is 4.79 Å². The number of carbonyl (C=O) groups excluding carboxylic acids is 1. The minimum Gasteiger partial charge on any atom is -0.497 e. The van der Waals surface area contributed by atoms with Crippen molar-refractivity contribution in [2.24, 2.45) is 0 Å². The molecule has 32 heavy (non-hydrogen) atoms. The smallest absolute Gasteiger partial charge is 0.261 e. The summed E-state index contributed by atoms with van der Waals surface area (Å²) in [6, 6.07) is 6.31. The van der Waals surface area contributed by atoms with Gasteiger partial charge in [0.2, 0.25) is 10.0 Å². The molecule has 1 N–H and O–H groups in total. The topological polar surface area (TPSA) is 101 Å². The molecule has 4 rings (SSSR count). The molecule has 0 saturated carbocycles. The molecule has 3 heterocycles. The van der Waals surface area contributed by atoms with Crippen LogP contribution in [0.1, 0.15) is 39.6 Å². The lowest BCUT2D eigenvalue weighted by molar-refractivity contribution is 0.0927. The van der Waals surface area contributed by atoms with Crippen molar-refractivity contribution in [2.45, 2.75) is 44.6 Å². The Morgan fingerprint density at radius 2 is 1.78 bits per heavy atom. The van der Waals surface area contributed by atoms with Gasteiger partial charge in [-0.2, -0.15) is 4.31 Å². The van der Waals surface area contributed by atoms with Crippen molar-refractivity contribution in [3.8, 4) is 5.75 Å². The molecule has 3 aromatic rings. The number of aromatic nitrogens is 2. The van der Waals surface area contributed by atoms with Crippen LogP contribution in [0.25, 0.3) is 10.2 Å². The van der Waals surface area contributed by atoms with E-state index in [1.54, 1.807) is 31.4 Å². The van der Waals surface area contributed by atoms with Crippen LogP contribution in [0.2, 0.25) is 0 Å². The van der Waals surface area contributed by atoms with Crippen LogP contribution in [0.4, 0.5) is 0 Å². The average Bonchev–Trinajstić information content (AvgIpc) is 3.10. The molecule has 2 aromatic heterocycles. The van der Waals surface area contributed by atoms with Crippen molar-refractivity contribution in [3.05, 3.63) is 46.2 Å². The van der Waals surface area contributed by atoms with Gasteiger partial charge in [-0.1, -0.05) is 0 Å². The second-order valence-corrected chi connectivity index (χ2v) is 10.9. The van der Waals surface area contributed by atoms with Crippen LogP contribution in [0.15, 0.2) is 29.2 Å². The molecule has 1 fully saturated rings. The number of sulfonamides is 1. The van der Waals surface area contributed by atoms with E-state index in [2.05, 4.69) is 15.3 Å². The van der Waals surface area contributed by atoms with Crippen LogP contribution in [-0.2, 0) is 10.0 Å². The molecule has 1 amide bonds. The number of amides is 1. The number of thiophene rings is 1. The Morgan fingerprint density at radius 3 is 2.41 bits per heavy atom. The van der Waals surface area contributed by atoms with E-state index in [1.807, 2.05) is 20.8 Å². The Balaban J connectivity index is 1.43. The lowest BCUT2D eigenvalue weighted by atomic mass is 10.1. The van der Waals surface area contributed by atoms with E-state index in [4.69, 9.17) is 4.74 Å². The summed E-state index contributed by atoms with van der Waals surface area (Å²) in [7, 11) is -2.03. The van der Waals surface area contributed by atoms with Crippen molar-refractivity contribution >= 4 is 37.5 Å². The molecule has 0 atom stereocenters. The lowest BCUT2D eigenvalue weighted by Gasteiger charge is -2.31. The SMILES string of the molecule is COc1ccc(S(=O)(=O)N2CCC(NC(=O)c3sc4nc(C)nc(C)c4c3C)CC2)cc1. The number of nitrogens with one attached hydrogen (secondary N) is 1. The Bertz CT molecular complexity index is 1260. The van der Waals surface area contributed by atoms with E-state index < -0.39 is 10.0 Å². The van der Waals surface area contributed by atoms with Gasteiger partial charge >= 0.3 is 0 Å². The zero-order chi connectivity index (χ0) is 23.0. The fourth-order valence-electron chi connectivity index (χ4n) is 4.08. The zero-order valence-electron chi connectivity index (χ0n) is 18.5. The summed E-state index contributed by atoms with van der Waals surface area (Å²) in [5, 5.41) is 4.02. The summed E-state index contributed by atoms with van der Waals surface area (Å²) < 4.78 is 32.4. The van der Waals surface area contributed by atoms with E-state index in [0.29, 0.717) is 42.4 Å². The maximum absolute atomic E-state index is 13.0.